The van der Waals surface area contributed by atoms with Gasteiger partial charge in [0, 0.05) is 15.0 Å². The van der Waals surface area contributed by atoms with Crippen LogP contribution in [0.1, 0.15) is 5.56 Å². The average molecular weight is 226 g/mol. The summed E-state index contributed by atoms with van der Waals surface area (Å²) < 4.78 is 1.05. The van der Waals surface area contributed by atoms with Crippen LogP contribution in [0.15, 0.2) is 22.4 Å². The molecule has 1 heterocycles. The molecule has 1 aromatic heterocycles. The lowest BCUT2D eigenvalue weighted by Gasteiger charge is -2.00. The molecule has 4 heteroatoms. The molecule has 64 valence electrons. The molecule has 0 bridgehead atoms. The number of halogens is 1. The molecular weight excluding hydrogens is 222 g/mol. The van der Waals surface area contributed by atoms with Crippen LogP contribution < -0.4 is 0 Å². The van der Waals surface area contributed by atoms with E-state index in [-0.39, 0.29) is 0 Å². The molecule has 0 atom stereocenters. The van der Waals surface area contributed by atoms with Gasteiger partial charge in [-0.15, -0.1) is 24.0 Å². The van der Waals surface area contributed by atoms with Gasteiger partial charge in [0.2, 0.25) is 0 Å². The Hall–Kier alpha value is -0.690. The highest BCUT2D eigenvalue weighted by molar-refractivity contribution is 7.80. The standard InChI is InChI=1S/C9H4ClNS2/c10-9-6(4-11)5-1-2-13-8(5)3-7(9)12/h1-3,12H. The minimum atomic E-state index is 0.441. The maximum Gasteiger partial charge on any atom is 0.101 e. The molecule has 0 amide bonds. The van der Waals surface area contributed by atoms with E-state index in [2.05, 4.69) is 18.7 Å². The zero-order valence-electron chi connectivity index (χ0n) is 6.41. The summed E-state index contributed by atoms with van der Waals surface area (Å²) in [5.41, 5.74) is 0.519. The van der Waals surface area contributed by atoms with Crippen molar-refractivity contribution in [2.45, 2.75) is 4.90 Å². The second-order valence-electron chi connectivity index (χ2n) is 2.53. The van der Waals surface area contributed by atoms with E-state index in [4.69, 9.17) is 16.9 Å². The van der Waals surface area contributed by atoms with E-state index in [1.54, 1.807) is 11.3 Å². The zero-order chi connectivity index (χ0) is 9.42. The molecule has 0 N–H and O–H groups in total. The first-order valence-corrected chi connectivity index (χ1v) is 5.23. The molecule has 1 nitrogen and oxygen atoms in total. The van der Waals surface area contributed by atoms with Crippen molar-refractivity contribution < 1.29 is 0 Å². The van der Waals surface area contributed by atoms with Gasteiger partial charge in [0.15, 0.2) is 0 Å². The number of fused-ring (bicyclic) bond motifs is 1. The highest BCUT2D eigenvalue weighted by Crippen LogP contribution is 2.34. The molecule has 0 unspecified atom stereocenters. The molecule has 0 radical (unpaired) electrons. The Morgan fingerprint density at radius 1 is 1.54 bits per heavy atom. The Labute approximate surface area is 90.0 Å². The van der Waals surface area contributed by atoms with E-state index in [0.29, 0.717) is 15.5 Å². The predicted octanol–water partition coefficient (Wildman–Crippen LogP) is 3.72. The van der Waals surface area contributed by atoms with E-state index in [0.717, 1.165) is 10.1 Å². The maximum atomic E-state index is 8.90. The average Bonchev–Trinajstić information content (AvgIpc) is 2.54. The summed E-state index contributed by atoms with van der Waals surface area (Å²) >= 11 is 11.7. The summed E-state index contributed by atoms with van der Waals surface area (Å²) in [5.74, 6) is 0. The van der Waals surface area contributed by atoms with Crippen LogP contribution in [0.2, 0.25) is 5.02 Å². The molecule has 0 aliphatic rings. The molecule has 0 spiro atoms. The number of hydrogen-bond acceptors (Lipinski definition) is 3. The van der Waals surface area contributed by atoms with Gasteiger partial charge >= 0.3 is 0 Å². The first kappa shape index (κ1) is 8.89. The summed E-state index contributed by atoms with van der Waals surface area (Å²) in [7, 11) is 0. The van der Waals surface area contributed by atoms with Gasteiger partial charge in [0.1, 0.15) is 6.07 Å². The van der Waals surface area contributed by atoms with Gasteiger partial charge in [-0.1, -0.05) is 11.6 Å². The minimum absolute atomic E-state index is 0.441. The maximum absolute atomic E-state index is 8.90. The molecule has 1 aromatic carbocycles. The smallest absolute Gasteiger partial charge is 0.101 e. The van der Waals surface area contributed by atoms with Crippen molar-refractivity contribution in [1.29, 1.82) is 5.26 Å². The van der Waals surface area contributed by atoms with Crippen molar-refractivity contribution in [2.24, 2.45) is 0 Å². The molecule has 2 aromatic rings. The highest BCUT2D eigenvalue weighted by Gasteiger charge is 2.09. The topological polar surface area (TPSA) is 23.8 Å². The number of nitrogens with zero attached hydrogens (tertiary/aromatic N) is 1. The van der Waals surface area contributed by atoms with Crippen molar-refractivity contribution >= 4 is 45.7 Å². The van der Waals surface area contributed by atoms with E-state index in [1.807, 2.05) is 17.5 Å². The SMILES string of the molecule is N#Cc1c(Cl)c(S)cc2sccc12. The molecule has 13 heavy (non-hydrogen) atoms. The molecule has 0 saturated heterocycles. The number of nitriles is 1. The number of thiol groups is 1. The Morgan fingerprint density at radius 2 is 2.31 bits per heavy atom. The Balaban J connectivity index is 2.98. The second kappa shape index (κ2) is 3.22. The van der Waals surface area contributed by atoms with Gasteiger partial charge in [0.05, 0.1) is 10.6 Å². The van der Waals surface area contributed by atoms with Crippen molar-refractivity contribution in [3.05, 3.63) is 28.1 Å². The Morgan fingerprint density at radius 3 is 3.00 bits per heavy atom. The molecule has 0 aliphatic heterocycles. The van der Waals surface area contributed by atoms with Gasteiger partial charge in [0.25, 0.3) is 0 Å². The van der Waals surface area contributed by atoms with Crippen LogP contribution in [0.5, 0.6) is 0 Å². The van der Waals surface area contributed by atoms with Gasteiger partial charge in [-0.25, -0.2) is 0 Å². The van der Waals surface area contributed by atoms with Gasteiger partial charge in [-0.2, -0.15) is 5.26 Å². The van der Waals surface area contributed by atoms with Crippen LogP contribution in [0.4, 0.5) is 0 Å². The summed E-state index contributed by atoms with van der Waals surface area (Å²) in [6.45, 7) is 0. The lowest BCUT2D eigenvalue weighted by Crippen LogP contribution is -1.79. The van der Waals surface area contributed by atoms with Gasteiger partial charge in [-0.3, -0.25) is 0 Å². The number of hydrogen-bond donors (Lipinski definition) is 1. The molecule has 0 saturated carbocycles. The van der Waals surface area contributed by atoms with Crippen molar-refractivity contribution in [3.8, 4) is 6.07 Å². The first-order chi connectivity index (χ1) is 6.24. The fourth-order valence-electron chi connectivity index (χ4n) is 1.18. The van der Waals surface area contributed by atoms with Crippen LogP contribution in [0.3, 0.4) is 0 Å². The third-order valence-corrected chi connectivity index (χ3v) is 3.53. The van der Waals surface area contributed by atoms with E-state index >= 15 is 0 Å². The first-order valence-electron chi connectivity index (χ1n) is 3.53. The van der Waals surface area contributed by atoms with Gasteiger partial charge < -0.3 is 0 Å². The Bertz CT molecular complexity index is 510. The third-order valence-electron chi connectivity index (χ3n) is 1.79. The van der Waals surface area contributed by atoms with Crippen molar-refractivity contribution in [1.82, 2.24) is 0 Å². The van der Waals surface area contributed by atoms with Crippen LogP contribution in [-0.2, 0) is 0 Å². The summed E-state index contributed by atoms with van der Waals surface area (Å²) in [6.07, 6.45) is 0. The van der Waals surface area contributed by atoms with E-state index in [9.17, 15) is 0 Å². The fraction of sp³-hybridized carbons (Fsp3) is 0. The fourth-order valence-corrected chi connectivity index (χ4v) is 2.54. The predicted molar refractivity (Wildman–Crippen MR) is 58.8 cm³/mol. The van der Waals surface area contributed by atoms with E-state index in [1.165, 1.54) is 0 Å². The monoisotopic (exact) mass is 225 g/mol. The van der Waals surface area contributed by atoms with Crippen LogP contribution in [0, 0.1) is 11.3 Å². The second-order valence-corrected chi connectivity index (χ2v) is 4.34. The molecule has 0 fully saturated rings. The Kier molecular flexibility index (Phi) is 2.20. The summed E-state index contributed by atoms with van der Waals surface area (Å²) in [6, 6.07) is 5.87. The van der Waals surface area contributed by atoms with Crippen molar-refractivity contribution in [3.63, 3.8) is 0 Å². The number of rotatable bonds is 0. The number of thiophene rings is 1. The molecule has 0 aliphatic carbocycles. The van der Waals surface area contributed by atoms with Crippen LogP contribution in [0.25, 0.3) is 10.1 Å². The van der Waals surface area contributed by atoms with E-state index < -0.39 is 0 Å². The number of benzene rings is 1. The summed E-state index contributed by atoms with van der Waals surface area (Å²) in [5, 5.41) is 12.2. The third kappa shape index (κ3) is 1.31. The summed E-state index contributed by atoms with van der Waals surface area (Å²) in [4.78, 5) is 0.660. The molecule has 2 rings (SSSR count). The highest BCUT2D eigenvalue weighted by atomic mass is 35.5. The lowest BCUT2D eigenvalue weighted by atomic mass is 10.1. The quantitative estimate of drug-likeness (QED) is 0.679. The van der Waals surface area contributed by atoms with Crippen molar-refractivity contribution in [2.75, 3.05) is 0 Å². The largest absolute Gasteiger partial charge is 0.192 e. The van der Waals surface area contributed by atoms with Gasteiger partial charge in [-0.05, 0) is 17.5 Å². The minimum Gasteiger partial charge on any atom is -0.192 e. The lowest BCUT2D eigenvalue weighted by molar-refractivity contribution is 1.46. The van der Waals surface area contributed by atoms with Crippen LogP contribution >= 0.6 is 35.6 Å². The zero-order valence-corrected chi connectivity index (χ0v) is 8.88. The molecular formula is C9H4ClNS2. The van der Waals surface area contributed by atoms with Crippen LogP contribution in [-0.4, -0.2) is 0 Å². The normalized spacial score (nSPS) is 10.2.